The lowest BCUT2D eigenvalue weighted by molar-refractivity contribution is 0.669. The van der Waals surface area contributed by atoms with E-state index < -0.39 is 13.1 Å². The standard InChI is InChI=1S/C58H39NO2/c1-3-38-14-8-18-51-53-20-10-16-49(57(53)60-55(38)51)44-28-34-47(35-29-44)59(46-32-26-43(27-33-46)42-24-22-41(23-25-42)40-12-6-5-7-13-40)48-36-30-45(31-37-48)50-17-11-21-54-52-19-9-15-39(4-2)56(52)61-58(50)54/h3-37H,1-2H2/i1D2,2D2,3D,4D. The first-order valence-corrected chi connectivity index (χ1v) is 20.2. The number of para-hydroxylation sites is 4. The Balaban J connectivity index is 0.983. The molecule has 0 saturated heterocycles. The lowest BCUT2D eigenvalue weighted by atomic mass is 9.99. The van der Waals surface area contributed by atoms with E-state index >= 15 is 0 Å². The van der Waals surface area contributed by atoms with Gasteiger partial charge in [0.05, 0.1) is 8.22 Å². The van der Waals surface area contributed by atoms with Gasteiger partial charge in [-0.3, -0.25) is 0 Å². The van der Waals surface area contributed by atoms with Gasteiger partial charge in [-0.1, -0.05) is 189 Å². The number of rotatable bonds is 9. The predicted octanol–water partition coefficient (Wildman–Crippen LogP) is 16.9. The first kappa shape index (κ1) is 30.0. The first-order chi connectivity index (χ1) is 32.7. The van der Waals surface area contributed by atoms with Crippen LogP contribution in [0.5, 0.6) is 0 Å². The van der Waals surface area contributed by atoms with Crippen LogP contribution in [0.25, 0.3) is 100 Å². The highest BCUT2D eigenvalue weighted by atomic mass is 16.3. The first-order valence-electron chi connectivity index (χ1n) is 23.2. The van der Waals surface area contributed by atoms with Gasteiger partial charge in [0.25, 0.3) is 0 Å². The van der Waals surface area contributed by atoms with Crippen LogP contribution in [0.4, 0.5) is 17.1 Å². The molecule has 9 aromatic carbocycles. The molecule has 0 aliphatic carbocycles. The maximum atomic E-state index is 8.40. The highest BCUT2D eigenvalue weighted by Crippen LogP contribution is 2.42. The molecule has 0 spiro atoms. The summed E-state index contributed by atoms with van der Waals surface area (Å²) in [5, 5.41) is 3.45. The molecule has 0 radical (unpaired) electrons. The third-order valence-electron chi connectivity index (χ3n) is 11.6. The molecular weight excluding hydrogens is 743 g/mol. The van der Waals surface area contributed by atoms with Gasteiger partial charge >= 0.3 is 0 Å². The molecule has 0 aliphatic heterocycles. The third kappa shape index (κ3) is 6.23. The van der Waals surface area contributed by atoms with E-state index in [1.807, 2.05) is 66.7 Å². The van der Waals surface area contributed by atoms with Crippen molar-refractivity contribution in [1.82, 2.24) is 0 Å². The summed E-state index contributed by atoms with van der Waals surface area (Å²) in [6.07, 6.45) is 0. The average Bonchev–Trinajstić information content (AvgIpc) is 3.96. The van der Waals surface area contributed by atoms with Gasteiger partial charge in [-0.15, -0.1) is 0 Å². The van der Waals surface area contributed by atoms with Crippen molar-refractivity contribution in [2.45, 2.75) is 0 Å². The van der Waals surface area contributed by atoms with E-state index in [2.05, 4.69) is 126 Å². The van der Waals surface area contributed by atoms with Crippen molar-refractivity contribution in [3.8, 4) is 44.5 Å². The SMILES string of the molecule is [2H]C([2H])=C([2H])c1cccc2c1oc1c(-c3ccc(N(c4ccc(-c5ccc(-c6ccccc6)cc5)cc4)c4ccc(-c5cccc6c5oc5c(C([2H])=C([2H])[2H])cccc56)cc4)cc3)cccc12. The van der Waals surface area contributed by atoms with Crippen molar-refractivity contribution < 1.29 is 17.1 Å². The van der Waals surface area contributed by atoms with Crippen LogP contribution in [0.3, 0.4) is 0 Å². The number of furan rings is 2. The molecule has 3 nitrogen and oxygen atoms in total. The fraction of sp³-hybridized carbons (Fsp3) is 0. The molecule has 288 valence electrons. The molecule has 0 fully saturated rings. The maximum absolute atomic E-state index is 8.40. The van der Waals surface area contributed by atoms with Gasteiger partial charge in [-0.25, -0.2) is 0 Å². The van der Waals surface area contributed by atoms with Crippen LogP contribution in [0, 0.1) is 0 Å². The maximum Gasteiger partial charge on any atom is 0.143 e. The molecule has 11 rings (SSSR count). The van der Waals surface area contributed by atoms with Crippen molar-refractivity contribution >= 4 is 73.0 Å². The number of nitrogens with zero attached hydrogens (tertiary/aromatic N) is 1. The van der Waals surface area contributed by atoms with Crippen LogP contribution in [0.2, 0.25) is 0 Å². The molecule has 2 heterocycles. The Bertz CT molecular complexity index is 3530. The summed E-state index contributed by atoms with van der Waals surface area (Å²) in [5.74, 6) is 0. The highest BCUT2D eigenvalue weighted by molar-refractivity contribution is 6.12. The molecular formula is C58H39NO2. The topological polar surface area (TPSA) is 29.5 Å². The van der Waals surface area contributed by atoms with E-state index in [9.17, 15) is 0 Å². The zero-order valence-electron chi connectivity index (χ0n) is 38.8. The van der Waals surface area contributed by atoms with Gasteiger partial charge in [-0.05, 0) is 69.8 Å². The van der Waals surface area contributed by atoms with Gasteiger partial charge in [0.2, 0.25) is 0 Å². The number of benzene rings is 9. The number of anilines is 3. The molecule has 61 heavy (non-hydrogen) atoms. The Morgan fingerprint density at radius 1 is 0.344 bits per heavy atom. The minimum Gasteiger partial charge on any atom is -0.455 e. The number of fused-ring (bicyclic) bond motifs is 6. The van der Waals surface area contributed by atoms with E-state index in [4.69, 9.17) is 17.1 Å². The van der Waals surface area contributed by atoms with Crippen molar-refractivity contribution in [2.24, 2.45) is 0 Å². The molecule has 0 atom stereocenters. The molecule has 0 aliphatic rings. The number of hydrogen-bond donors (Lipinski definition) is 0. The molecule has 0 amide bonds. The molecule has 2 aromatic heterocycles. The molecule has 0 N–H and O–H groups in total. The summed E-state index contributed by atoms with van der Waals surface area (Å²) in [6, 6.07) is 67.0. The minimum absolute atomic E-state index is 0.191. The Kier molecular flexibility index (Phi) is 7.33. The second kappa shape index (κ2) is 14.9. The fourth-order valence-electron chi connectivity index (χ4n) is 8.61. The zero-order chi connectivity index (χ0) is 45.8. The van der Waals surface area contributed by atoms with E-state index in [1.165, 1.54) is 11.1 Å². The van der Waals surface area contributed by atoms with Gasteiger partial charge in [0, 0.05) is 60.9 Å². The van der Waals surface area contributed by atoms with Crippen LogP contribution in [-0.2, 0) is 0 Å². The smallest absolute Gasteiger partial charge is 0.143 e. The average molecular weight is 788 g/mol. The monoisotopic (exact) mass is 787 g/mol. The van der Waals surface area contributed by atoms with E-state index in [-0.39, 0.29) is 12.1 Å². The fourth-order valence-corrected chi connectivity index (χ4v) is 8.61. The summed E-state index contributed by atoms with van der Waals surface area (Å²) in [4.78, 5) is 2.22. The Labute approximate surface area is 362 Å². The zero-order valence-corrected chi connectivity index (χ0v) is 32.8. The second-order valence-electron chi connectivity index (χ2n) is 15.1. The molecule has 3 heteroatoms. The summed E-state index contributed by atoms with van der Waals surface area (Å²) in [5.41, 5.74) is 14.2. The van der Waals surface area contributed by atoms with E-state index in [0.717, 1.165) is 72.0 Å². The van der Waals surface area contributed by atoms with Crippen molar-refractivity contribution in [3.63, 3.8) is 0 Å². The van der Waals surface area contributed by atoms with Crippen LogP contribution < -0.4 is 4.90 Å². The van der Waals surface area contributed by atoms with Gasteiger partial charge in [0.15, 0.2) is 0 Å². The highest BCUT2D eigenvalue weighted by Gasteiger charge is 2.18. The van der Waals surface area contributed by atoms with Crippen molar-refractivity contribution in [1.29, 1.82) is 0 Å². The van der Waals surface area contributed by atoms with Gasteiger partial charge in [-0.2, -0.15) is 0 Å². The summed E-state index contributed by atoms with van der Waals surface area (Å²) >= 11 is 0. The van der Waals surface area contributed by atoms with Gasteiger partial charge in [0.1, 0.15) is 22.3 Å². The molecule has 0 saturated carbocycles. The Morgan fingerprint density at radius 2 is 0.689 bits per heavy atom. The lowest BCUT2D eigenvalue weighted by Crippen LogP contribution is -2.09. The van der Waals surface area contributed by atoms with E-state index in [1.54, 1.807) is 12.1 Å². The molecule has 11 aromatic rings. The molecule has 0 bridgehead atoms. The molecule has 0 unspecified atom stereocenters. The van der Waals surface area contributed by atoms with Crippen LogP contribution in [0.15, 0.2) is 222 Å². The van der Waals surface area contributed by atoms with Crippen LogP contribution in [-0.4, -0.2) is 0 Å². The third-order valence-corrected chi connectivity index (χ3v) is 11.6. The largest absolute Gasteiger partial charge is 0.455 e. The second-order valence-corrected chi connectivity index (χ2v) is 15.1. The summed E-state index contributed by atoms with van der Waals surface area (Å²) in [7, 11) is 0. The van der Waals surface area contributed by atoms with Crippen molar-refractivity contribution in [3.05, 3.63) is 224 Å². The summed E-state index contributed by atoms with van der Waals surface area (Å²) in [6.45, 7) is -1.14. The Hall–Kier alpha value is -8.14. The lowest BCUT2D eigenvalue weighted by Gasteiger charge is -2.26. The van der Waals surface area contributed by atoms with Crippen molar-refractivity contribution in [2.75, 3.05) is 4.90 Å². The number of hydrogen-bond acceptors (Lipinski definition) is 3. The predicted molar refractivity (Wildman–Crippen MR) is 258 cm³/mol. The van der Waals surface area contributed by atoms with E-state index in [0.29, 0.717) is 33.5 Å². The Morgan fingerprint density at radius 3 is 1.10 bits per heavy atom. The quantitative estimate of drug-likeness (QED) is 0.146. The minimum atomic E-state index is -0.569. The summed E-state index contributed by atoms with van der Waals surface area (Å²) < 4.78 is 60.9. The van der Waals surface area contributed by atoms with Crippen LogP contribution in [0.1, 0.15) is 19.4 Å². The normalized spacial score (nSPS) is 12.7. The van der Waals surface area contributed by atoms with Gasteiger partial charge < -0.3 is 13.7 Å². The van der Waals surface area contributed by atoms with Crippen LogP contribution >= 0.6 is 0 Å².